The maximum absolute atomic E-state index is 10.7. The number of carboxylic acid groups (broad SMARTS) is 3. The van der Waals surface area contributed by atoms with Gasteiger partial charge in [0.1, 0.15) is 35.3 Å². The van der Waals surface area contributed by atoms with Crippen LogP contribution >= 0.6 is 0 Å². The molecule has 0 aliphatic rings. The van der Waals surface area contributed by atoms with Crippen molar-refractivity contribution in [2.24, 2.45) is 16.2 Å². The zero-order chi connectivity index (χ0) is 27.7. The van der Waals surface area contributed by atoms with Crippen LogP contribution in [0, 0.1) is 16.2 Å². The van der Waals surface area contributed by atoms with Crippen molar-refractivity contribution >= 4 is 72.4 Å². The smallest absolute Gasteiger partial charge is 0.542 e. The first kappa shape index (κ1) is 38.3. The van der Waals surface area contributed by atoms with Gasteiger partial charge in [-0.2, -0.15) is 0 Å². The van der Waals surface area contributed by atoms with Gasteiger partial charge in [-0.05, 0) is 62.3 Å². The van der Waals surface area contributed by atoms with Gasteiger partial charge in [0.05, 0.1) is 16.2 Å². The van der Waals surface area contributed by atoms with Crippen molar-refractivity contribution < 1.29 is 58.5 Å². The zero-order valence-electron chi connectivity index (χ0n) is 20.5. The normalized spacial score (nSPS) is 10.5. The van der Waals surface area contributed by atoms with Crippen LogP contribution in [0.4, 0.5) is 0 Å². The number of carbonyl (C=O) groups is 9. The molecule has 0 N–H and O–H groups in total. The summed E-state index contributed by atoms with van der Waals surface area (Å²) in [5.74, 6) is -10.4. The summed E-state index contributed by atoms with van der Waals surface area (Å²) in [4.78, 5) is 94.4. The Morgan fingerprint density at radius 3 is 0.559 bits per heavy atom. The zero-order valence-corrected chi connectivity index (χ0v) is 22.9. The van der Waals surface area contributed by atoms with E-state index >= 15 is 0 Å². The Bertz CT molecular complexity index is 764. The van der Waals surface area contributed by atoms with Gasteiger partial charge >= 0.3 is 19.8 Å². The first-order valence-corrected chi connectivity index (χ1v) is 9.20. The molecule has 0 aliphatic heterocycles. The molecule has 0 heterocycles. The van der Waals surface area contributed by atoms with Crippen LogP contribution < -0.4 is 15.3 Å². The van der Waals surface area contributed by atoms with Crippen molar-refractivity contribution in [3.05, 3.63) is 0 Å². The largest absolute Gasteiger partial charge is 3.00 e. The first-order chi connectivity index (χ1) is 14.4. The molecule has 0 aromatic rings. The second-order valence-corrected chi connectivity index (χ2v) is 8.39. The molecule has 0 spiro atoms. The van der Waals surface area contributed by atoms with Crippen LogP contribution in [0.5, 0.6) is 0 Å². The van der Waals surface area contributed by atoms with Crippen molar-refractivity contribution in [3.8, 4) is 0 Å². The van der Waals surface area contributed by atoms with Crippen LogP contribution in [0.15, 0.2) is 0 Å². The van der Waals surface area contributed by atoms with Gasteiger partial charge in [0.2, 0.25) is 0 Å². The molecule has 34 heavy (non-hydrogen) atoms. The second kappa shape index (κ2) is 14.4. The molecule has 0 aliphatic carbocycles. The van der Waals surface area contributed by atoms with E-state index in [1.165, 1.54) is 62.3 Å². The maximum atomic E-state index is 10.7. The van der Waals surface area contributed by atoms with E-state index in [4.69, 9.17) is 0 Å². The SMILES string of the molecule is CC(=O)C(C)(C)C(=O)C(=O)[O-].CC(=O)C(C)(C)C(=O)C(=O)[O-].CC(=O)C(C)(C)C(=O)C(=O)[O-].[Ga+3]. The first-order valence-electron chi connectivity index (χ1n) is 9.20. The van der Waals surface area contributed by atoms with E-state index in [2.05, 4.69) is 0 Å². The van der Waals surface area contributed by atoms with Gasteiger partial charge in [0.15, 0.2) is 17.3 Å². The summed E-state index contributed by atoms with van der Waals surface area (Å²) in [6.45, 7) is 11.0. The predicted molar refractivity (Wildman–Crippen MR) is 109 cm³/mol. The van der Waals surface area contributed by atoms with E-state index in [0.717, 1.165) is 0 Å². The molecular weight excluding hydrogens is 514 g/mol. The minimum absolute atomic E-state index is 0. The quantitative estimate of drug-likeness (QED) is 0.157. The number of ketones is 6. The third-order valence-electron chi connectivity index (χ3n) is 4.90. The summed E-state index contributed by atoms with van der Waals surface area (Å²) in [6.07, 6.45) is 0. The van der Waals surface area contributed by atoms with E-state index in [9.17, 15) is 58.5 Å². The molecule has 0 radical (unpaired) electrons. The maximum Gasteiger partial charge on any atom is 3.00 e. The molecule has 0 aromatic heterocycles. The third kappa shape index (κ3) is 11.3. The minimum atomic E-state index is -1.81. The number of carbonyl (C=O) groups excluding carboxylic acids is 9. The average Bonchev–Trinajstić information content (AvgIpc) is 2.66. The molecule has 0 aromatic carbocycles. The minimum Gasteiger partial charge on any atom is -0.542 e. The Morgan fingerprint density at radius 1 is 0.412 bits per heavy atom. The summed E-state index contributed by atoms with van der Waals surface area (Å²) < 4.78 is 0. The van der Waals surface area contributed by atoms with Crippen molar-refractivity contribution in [2.75, 3.05) is 0 Å². The standard InChI is InChI=1S/3C7H10O4.Ga/c3*1-4(8)7(2,3)5(9)6(10)11;/h3*1-3H3,(H,10,11);/q;;;+3/p-3. The van der Waals surface area contributed by atoms with Crippen molar-refractivity contribution in [1.82, 2.24) is 0 Å². The van der Waals surface area contributed by atoms with E-state index in [-0.39, 0.29) is 19.8 Å². The van der Waals surface area contributed by atoms with Gasteiger partial charge in [-0.15, -0.1) is 0 Å². The fourth-order valence-electron chi connectivity index (χ4n) is 1.25. The molecule has 13 heteroatoms. The van der Waals surface area contributed by atoms with E-state index in [1.54, 1.807) is 0 Å². The molecule has 0 atom stereocenters. The number of hydrogen-bond donors (Lipinski definition) is 0. The third-order valence-corrected chi connectivity index (χ3v) is 4.90. The number of rotatable bonds is 9. The molecule has 0 unspecified atom stereocenters. The van der Waals surface area contributed by atoms with Crippen LogP contribution in [0.25, 0.3) is 0 Å². The van der Waals surface area contributed by atoms with Gasteiger partial charge in [0.25, 0.3) is 0 Å². The van der Waals surface area contributed by atoms with Gasteiger partial charge < -0.3 is 29.7 Å². The molecular formula is C21H27GaO12. The molecule has 186 valence electrons. The molecule has 0 rings (SSSR count). The Labute approximate surface area is 209 Å². The molecule has 0 bridgehead atoms. The van der Waals surface area contributed by atoms with Gasteiger partial charge in [-0.1, -0.05) is 0 Å². The summed E-state index contributed by atoms with van der Waals surface area (Å²) >= 11 is 0. The Morgan fingerprint density at radius 2 is 0.529 bits per heavy atom. The van der Waals surface area contributed by atoms with Gasteiger partial charge in [-0.25, -0.2) is 0 Å². The number of hydrogen-bond acceptors (Lipinski definition) is 12. The van der Waals surface area contributed by atoms with Crippen LogP contribution in [-0.2, 0) is 43.2 Å². The van der Waals surface area contributed by atoms with Crippen molar-refractivity contribution in [1.29, 1.82) is 0 Å². The van der Waals surface area contributed by atoms with E-state index in [0.29, 0.717) is 0 Å². The van der Waals surface area contributed by atoms with Crippen LogP contribution in [-0.4, -0.2) is 72.4 Å². The summed E-state index contributed by atoms with van der Waals surface area (Å²) in [7, 11) is 0. The predicted octanol–water partition coefficient (Wildman–Crippen LogP) is -3.62. The van der Waals surface area contributed by atoms with Crippen LogP contribution in [0.2, 0.25) is 0 Å². The van der Waals surface area contributed by atoms with Crippen LogP contribution in [0.1, 0.15) is 62.3 Å². The van der Waals surface area contributed by atoms with Crippen molar-refractivity contribution in [3.63, 3.8) is 0 Å². The van der Waals surface area contributed by atoms with Gasteiger partial charge in [-0.3, -0.25) is 28.8 Å². The Balaban J connectivity index is -0.000000196. The summed E-state index contributed by atoms with van der Waals surface area (Å²) in [5, 5.41) is 30.1. The van der Waals surface area contributed by atoms with Crippen molar-refractivity contribution in [2.45, 2.75) is 62.3 Å². The van der Waals surface area contributed by atoms with Crippen LogP contribution in [0.3, 0.4) is 0 Å². The van der Waals surface area contributed by atoms with Gasteiger partial charge in [0, 0.05) is 0 Å². The number of Topliss-reactive ketones (excluding diaryl/α,β-unsaturated/α-hetero) is 6. The second-order valence-electron chi connectivity index (χ2n) is 8.39. The molecule has 12 nitrogen and oxygen atoms in total. The fourth-order valence-corrected chi connectivity index (χ4v) is 1.25. The number of carboxylic acids is 3. The Hall–Kier alpha value is -2.93. The molecule has 0 fully saturated rings. The fraction of sp³-hybridized carbons (Fsp3) is 0.571. The Kier molecular flexibility index (Phi) is 16.2. The van der Waals surface area contributed by atoms with E-state index < -0.39 is 68.9 Å². The topological polar surface area (TPSA) is 223 Å². The monoisotopic (exact) mass is 540 g/mol. The molecule has 0 saturated heterocycles. The molecule has 0 amide bonds. The summed E-state index contributed by atoms with van der Waals surface area (Å²) in [5.41, 5.74) is -4.38. The average molecular weight is 541 g/mol. The number of aliphatic carboxylic acids is 3. The van der Waals surface area contributed by atoms with E-state index in [1.807, 2.05) is 0 Å². The summed E-state index contributed by atoms with van der Waals surface area (Å²) in [6, 6.07) is 0. The molecule has 0 saturated carbocycles.